The van der Waals surface area contributed by atoms with Crippen LogP contribution in [0.5, 0.6) is 0 Å². The molecule has 1 fully saturated rings. The molecule has 7 nitrogen and oxygen atoms in total. The van der Waals surface area contributed by atoms with Gasteiger partial charge in [0, 0.05) is 32.7 Å². The molecule has 2 aliphatic heterocycles. The van der Waals surface area contributed by atoms with Gasteiger partial charge in [-0.2, -0.15) is 5.10 Å². The van der Waals surface area contributed by atoms with Crippen LogP contribution in [0, 0.1) is 13.8 Å². The number of rotatable bonds is 3. The normalized spacial score (nSPS) is 20.2. The molecule has 1 aromatic heterocycles. The van der Waals surface area contributed by atoms with Crippen LogP contribution in [0.25, 0.3) is 0 Å². The smallest absolute Gasteiger partial charge is 0.340 e. The number of hydrogen-bond donors (Lipinski definition) is 0. The molecular weight excluding hydrogens is 354 g/mol. The number of likely N-dealkylation sites (N-methyl/N-ethyl adjacent to an activating group) is 1. The monoisotopic (exact) mass is 383 g/mol. The van der Waals surface area contributed by atoms with Crippen molar-refractivity contribution in [3.05, 3.63) is 51.2 Å². The standard InChI is InChI=1S/C21H29N5O2/c1-15-6-7-16(2)17(13-15)14-26-21(28)25-8-4-5-18(19(25)22-26)20(27)24-11-9-23(3)10-12-24/h6-7,13,18H,4-5,8-12,14H2,1-3H3. The van der Waals surface area contributed by atoms with Crippen molar-refractivity contribution in [2.24, 2.45) is 0 Å². The number of carbonyl (C=O) groups excluding carboxylic acids is 1. The van der Waals surface area contributed by atoms with Gasteiger partial charge < -0.3 is 9.80 Å². The summed E-state index contributed by atoms with van der Waals surface area (Å²) in [7, 11) is 2.08. The molecule has 1 amide bonds. The molecule has 1 unspecified atom stereocenters. The Morgan fingerprint density at radius 2 is 1.89 bits per heavy atom. The topological polar surface area (TPSA) is 63.4 Å². The van der Waals surface area contributed by atoms with Crippen molar-refractivity contribution in [1.82, 2.24) is 24.1 Å². The first-order valence-electron chi connectivity index (χ1n) is 10.1. The molecular formula is C21H29N5O2. The Labute approximate surface area is 165 Å². The summed E-state index contributed by atoms with van der Waals surface area (Å²) in [4.78, 5) is 30.3. The Morgan fingerprint density at radius 1 is 1.14 bits per heavy atom. The molecule has 1 atom stereocenters. The van der Waals surface area contributed by atoms with Gasteiger partial charge in [-0.3, -0.25) is 9.36 Å². The molecule has 3 heterocycles. The zero-order chi connectivity index (χ0) is 19.8. The fraction of sp³-hybridized carbons (Fsp3) is 0.571. The van der Waals surface area contributed by atoms with E-state index >= 15 is 0 Å². The fourth-order valence-electron chi connectivity index (χ4n) is 4.22. The second-order valence-corrected chi connectivity index (χ2v) is 8.20. The molecule has 4 rings (SSSR count). The van der Waals surface area contributed by atoms with Crippen LogP contribution in [0.1, 0.15) is 41.3 Å². The van der Waals surface area contributed by atoms with Gasteiger partial charge in [-0.25, -0.2) is 9.48 Å². The maximum Gasteiger partial charge on any atom is 0.346 e. The van der Waals surface area contributed by atoms with E-state index in [0.29, 0.717) is 18.9 Å². The average Bonchev–Trinajstić information content (AvgIpc) is 3.00. The molecule has 0 spiro atoms. The van der Waals surface area contributed by atoms with Crippen molar-refractivity contribution in [2.75, 3.05) is 33.2 Å². The van der Waals surface area contributed by atoms with E-state index in [1.807, 2.05) is 4.90 Å². The van der Waals surface area contributed by atoms with Crippen LogP contribution >= 0.6 is 0 Å². The number of fused-ring (bicyclic) bond motifs is 1. The number of aromatic nitrogens is 3. The van der Waals surface area contributed by atoms with Gasteiger partial charge in [-0.1, -0.05) is 23.8 Å². The first-order valence-corrected chi connectivity index (χ1v) is 10.1. The van der Waals surface area contributed by atoms with Crippen LogP contribution in [0.3, 0.4) is 0 Å². The van der Waals surface area contributed by atoms with Crippen molar-refractivity contribution in [3.63, 3.8) is 0 Å². The molecule has 0 bridgehead atoms. The number of hydrogen-bond acceptors (Lipinski definition) is 4. The third kappa shape index (κ3) is 3.51. The van der Waals surface area contributed by atoms with Crippen molar-refractivity contribution in [1.29, 1.82) is 0 Å². The minimum absolute atomic E-state index is 0.105. The lowest BCUT2D eigenvalue weighted by molar-refractivity contribution is -0.135. The van der Waals surface area contributed by atoms with Crippen LogP contribution in [0.15, 0.2) is 23.0 Å². The van der Waals surface area contributed by atoms with Crippen molar-refractivity contribution >= 4 is 5.91 Å². The summed E-state index contributed by atoms with van der Waals surface area (Å²) in [5.74, 6) is 0.466. The molecule has 0 radical (unpaired) electrons. The maximum atomic E-state index is 13.1. The molecule has 0 saturated carbocycles. The Morgan fingerprint density at radius 3 is 2.64 bits per heavy atom. The highest BCUT2D eigenvalue weighted by Crippen LogP contribution is 2.27. The molecule has 2 aromatic rings. The van der Waals surface area contributed by atoms with Gasteiger partial charge in [0.1, 0.15) is 5.82 Å². The van der Waals surface area contributed by atoms with E-state index in [0.717, 1.165) is 50.1 Å². The van der Waals surface area contributed by atoms with Gasteiger partial charge in [0.15, 0.2) is 0 Å². The summed E-state index contributed by atoms with van der Waals surface area (Å²) >= 11 is 0. The summed E-state index contributed by atoms with van der Waals surface area (Å²) in [6.45, 7) is 8.48. The average molecular weight is 383 g/mol. The predicted octanol–water partition coefficient (Wildman–Crippen LogP) is 1.36. The van der Waals surface area contributed by atoms with Gasteiger partial charge >= 0.3 is 5.69 Å². The number of piperazine rings is 1. The van der Waals surface area contributed by atoms with Crippen molar-refractivity contribution < 1.29 is 4.79 Å². The van der Waals surface area contributed by atoms with Gasteiger partial charge in [-0.15, -0.1) is 0 Å². The highest BCUT2D eigenvalue weighted by atomic mass is 16.2. The first-order chi connectivity index (χ1) is 13.4. The lowest BCUT2D eigenvalue weighted by Crippen LogP contribution is -2.49. The van der Waals surface area contributed by atoms with Gasteiger partial charge in [0.05, 0.1) is 12.5 Å². The van der Waals surface area contributed by atoms with Crippen molar-refractivity contribution in [3.8, 4) is 0 Å². The molecule has 150 valence electrons. The first kappa shape index (κ1) is 18.9. The Hall–Kier alpha value is -2.41. The largest absolute Gasteiger partial charge is 0.346 e. The highest BCUT2D eigenvalue weighted by Gasteiger charge is 2.34. The van der Waals surface area contributed by atoms with E-state index in [2.05, 4.69) is 49.1 Å². The number of nitrogens with zero attached hydrogens (tertiary/aromatic N) is 5. The fourth-order valence-corrected chi connectivity index (χ4v) is 4.22. The minimum atomic E-state index is -0.301. The summed E-state index contributed by atoms with van der Waals surface area (Å²) in [5.41, 5.74) is 3.31. The zero-order valence-corrected chi connectivity index (χ0v) is 17.0. The van der Waals surface area contributed by atoms with E-state index in [1.54, 1.807) is 4.57 Å². The second-order valence-electron chi connectivity index (χ2n) is 8.20. The van der Waals surface area contributed by atoms with E-state index < -0.39 is 0 Å². The lowest BCUT2D eigenvalue weighted by atomic mass is 9.97. The summed E-state index contributed by atoms with van der Waals surface area (Å²) in [6, 6.07) is 6.25. The van der Waals surface area contributed by atoms with Gasteiger partial charge in [0.25, 0.3) is 0 Å². The zero-order valence-electron chi connectivity index (χ0n) is 17.0. The quantitative estimate of drug-likeness (QED) is 0.803. The van der Waals surface area contributed by atoms with Crippen LogP contribution in [0.4, 0.5) is 0 Å². The molecule has 2 aliphatic rings. The van der Waals surface area contributed by atoms with E-state index in [-0.39, 0.29) is 17.5 Å². The highest BCUT2D eigenvalue weighted by molar-refractivity contribution is 5.83. The third-order valence-corrected chi connectivity index (χ3v) is 6.08. The Kier molecular flexibility index (Phi) is 5.10. The molecule has 0 N–H and O–H groups in total. The van der Waals surface area contributed by atoms with E-state index in [9.17, 15) is 9.59 Å². The second kappa shape index (κ2) is 7.54. The summed E-state index contributed by atoms with van der Waals surface area (Å²) < 4.78 is 3.25. The van der Waals surface area contributed by atoms with Crippen LogP contribution in [0.2, 0.25) is 0 Å². The Balaban J connectivity index is 1.61. The molecule has 1 aromatic carbocycles. The lowest BCUT2D eigenvalue weighted by Gasteiger charge is -2.35. The number of carbonyl (C=O) groups is 1. The molecule has 7 heteroatoms. The number of benzene rings is 1. The number of amides is 1. The van der Waals surface area contributed by atoms with Crippen molar-refractivity contribution in [2.45, 2.75) is 45.7 Å². The van der Waals surface area contributed by atoms with Crippen LogP contribution in [-0.4, -0.2) is 63.3 Å². The van der Waals surface area contributed by atoms with E-state index in [1.165, 1.54) is 10.2 Å². The SMILES string of the molecule is Cc1ccc(C)c(Cn2nc3n(c2=O)CCCC3C(=O)N2CCN(C)CC2)c1. The van der Waals surface area contributed by atoms with Crippen LogP contribution < -0.4 is 5.69 Å². The maximum absolute atomic E-state index is 13.1. The summed E-state index contributed by atoms with van der Waals surface area (Å²) in [6.07, 6.45) is 1.61. The minimum Gasteiger partial charge on any atom is -0.340 e. The van der Waals surface area contributed by atoms with Crippen LogP contribution in [-0.2, 0) is 17.9 Å². The third-order valence-electron chi connectivity index (χ3n) is 6.08. The van der Waals surface area contributed by atoms with E-state index in [4.69, 9.17) is 0 Å². The Bertz CT molecular complexity index is 937. The molecule has 1 saturated heterocycles. The molecule has 0 aliphatic carbocycles. The predicted molar refractivity (Wildman–Crippen MR) is 108 cm³/mol. The van der Waals surface area contributed by atoms with Gasteiger partial charge in [-0.05, 0) is 44.9 Å². The van der Waals surface area contributed by atoms with Gasteiger partial charge in [0.2, 0.25) is 5.91 Å². The number of aryl methyl sites for hydroxylation is 2. The summed E-state index contributed by atoms with van der Waals surface area (Å²) in [5, 5.41) is 4.64. The molecule has 28 heavy (non-hydrogen) atoms.